The minimum atomic E-state index is 0.864. The van der Waals surface area contributed by atoms with Crippen LogP contribution in [0.1, 0.15) is 0 Å². The van der Waals surface area contributed by atoms with E-state index in [1.54, 1.807) is 0 Å². The molecule has 3 heteroatoms. The SMILES string of the molecule is c1ccc(N(c2ccccc2)c2ccc(-c3cc4cccc5c6c7ccc(N(c8ccc9ccccc9c8)c8ccc9ccccc9c8)cc7oc6c6cccc3c6c45)cc2)cc1. The van der Waals surface area contributed by atoms with Crippen molar-refractivity contribution in [2.75, 3.05) is 9.80 Å². The summed E-state index contributed by atoms with van der Waals surface area (Å²) in [5.74, 6) is 0. The average Bonchev–Trinajstić information content (AvgIpc) is 3.74. The molecule has 0 aliphatic heterocycles. The zero-order chi connectivity index (χ0) is 41.4. The number of hydrogen-bond donors (Lipinski definition) is 0. The summed E-state index contributed by atoms with van der Waals surface area (Å²) in [6, 6.07) is 83.3. The van der Waals surface area contributed by atoms with Gasteiger partial charge < -0.3 is 14.2 Å². The van der Waals surface area contributed by atoms with Gasteiger partial charge in [-0.25, -0.2) is 0 Å². The number of anilines is 6. The van der Waals surface area contributed by atoms with E-state index in [1.807, 2.05) is 0 Å². The molecule has 0 aliphatic carbocycles. The van der Waals surface area contributed by atoms with Gasteiger partial charge in [0, 0.05) is 61.7 Å². The Hall–Kier alpha value is -8.40. The van der Waals surface area contributed by atoms with Crippen molar-refractivity contribution in [1.82, 2.24) is 0 Å². The first-order valence-corrected chi connectivity index (χ1v) is 21.6. The lowest BCUT2D eigenvalue weighted by Crippen LogP contribution is -2.09. The van der Waals surface area contributed by atoms with E-state index in [4.69, 9.17) is 4.42 Å². The highest BCUT2D eigenvalue weighted by Gasteiger charge is 2.23. The molecular formula is C60H38N2O. The second kappa shape index (κ2) is 14.1. The van der Waals surface area contributed by atoms with Gasteiger partial charge in [0.25, 0.3) is 0 Å². The molecule has 1 aromatic heterocycles. The van der Waals surface area contributed by atoms with Gasteiger partial charge in [-0.3, -0.25) is 0 Å². The lowest BCUT2D eigenvalue weighted by molar-refractivity contribution is 0.673. The molecule has 0 unspecified atom stereocenters. The molecule has 13 rings (SSSR count). The molecule has 0 amide bonds. The number of nitrogens with zero attached hydrogens (tertiary/aromatic N) is 2. The van der Waals surface area contributed by atoms with Crippen molar-refractivity contribution in [3.63, 3.8) is 0 Å². The molecule has 0 saturated carbocycles. The Morgan fingerprint density at radius 3 is 1.43 bits per heavy atom. The number of hydrogen-bond acceptors (Lipinski definition) is 3. The molecule has 0 fully saturated rings. The van der Waals surface area contributed by atoms with Gasteiger partial charge in [-0.15, -0.1) is 0 Å². The molecule has 0 aliphatic rings. The number of rotatable bonds is 7. The van der Waals surface area contributed by atoms with Gasteiger partial charge in [-0.1, -0.05) is 146 Å². The third-order valence-corrected chi connectivity index (χ3v) is 12.9. The largest absolute Gasteiger partial charge is 0.455 e. The quantitative estimate of drug-likeness (QED) is 0.150. The zero-order valence-corrected chi connectivity index (χ0v) is 34.2. The van der Waals surface area contributed by atoms with Crippen LogP contribution in [0.15, 0.2) is 235 Å². The molecule has 12 aromatic carbocycles. The van der Waals surface area contributed by atoms with E-state index in [2.05, 4.69) is 240 Å². The molecule has 0 N–H and O–H groups in total. The van der Waals surface area contributed by atoms with Crippen molar-refractivity contribution in [2.24, 2.45) is 0 Å². The van der Waals surface area contributed by atoms with Crippen molar-refractivity contribution in [2.45, 2.75) is 0 Å². The first kappa shape index (κ1) is 35.4. The van der Waals surface area contributed by atoms with Crippen LogP contribution in [0.3, 0.4) is 0 Å². The maximum Gasteiger partial charge on any atom is 0.143 e. The predicted molar refractivity (Wildman–Crippen MR) is 267 cm³/mol. The fourth-order valence-corrected chi connectivity index (χ4v) is 10.0. The topological polar surface area (TPSA) is 19.6 Å². The van der Waals surface area contributed by atoms with E-state index in [0.717, 1.165) is 61.4 Å². The third kappa shape index (κ3) is 5.67. The highest BCUT2D eigenvalue weighted by molar-refractivity contribution is 6.38. The van der Waals surface area contributed by atoms with E-state index in [0.29, 0.717) is 0 Å². The van der Waals surface area contributed by atoms with E-state index < -0.39 is 0 Å². The van der Waals surface area contributed by atoms with E-state index in [9.17, 15) is 0 Å². The minimum absolute atomic E-state index is 0.864. The summed E-state index contributed by atoms with van der Waals surface area (Å²) >= 11 is 0. The Labute approximate surface area is 364 Å². The highest BCUT2D eigenvalue weighted by Crippen LogP contribution is 2.48. The van der Waals surface area contributed by atoms with Crippen LogP contribution in [0.25, 0.3) is 86.9 Å². The lowest BCUT2D eigenvalue weighted by atomic mass is 9.87. The van der Waals surface area contributed by atoms with Crippen LogP contribution in [0.5, 0.6) is 0 Å². The fraction of sp³-hybridized carbons (Fsp3) is 0. The highest BCUT2D eigenvalue weighted by atomic mass is 16.3. The minimum Gasteiger partial charge on any atom is -0.455 e. The second-order valence-corrected chi connectivity index (χ2v) is 16.5. The van der Waals surface area contributed by atoms with E-state index in [1.165, 1.54) is 59.6 Å². The number of furan rings is 1. The summed E-state index contributed by atoms with van der Waals surface area (Å²) in [5.41, 5.74) is 10.7. The molecule has 0 bridgehead atoms. The van der Waals surface area contributed by atoms with Gasteiger partial charge >= 0.3 is 0 Å². The van der Waals surface area contributed by atoms with Crippen LogP contribution in [-0.2, 0) is 0 Å². The molecule has 3 nitrogen and oxygen atoms in total. The van der Waals surface area contributed by atoms with Crippen molar-refractivity contribution >= 4 is 110 Å². The molecule has 1 heterocycles. The summed E-state index contributed by atoms with van der Waals surface area (Å²) in [6.07, 6.45) is 0. The van der Waals surface area contributed by atoms with E-state index in [-0.39, 0.29) is 0 Å². The van der Waals surface area contributed by atoms with Crippen LogP contribution in [0.4, 0.5) is 34.1 Å². The third-order valence-electron chi connectivity index (χ3n) is 12.9. The van der Waals surface area contributed by atoms with Gasteiger partial charge in [0.2, 0.25) is 0 Å². The molecule has 294 valence electrons. The zero-order valence-electron chi connectivity index (χ0n) is 34.2. The smallest absolute Gasteiger partial charge is 0.143 e. The fourth-order valence-electron chi connectivity index (χ4n) is 10.0. The van der Waals surface area contributed by atoms with E-state index >= 15 is 0 Å². The monoisotopic (exact) mass is 802 g/mol. The Bertz CT molecular complexity index is 3730. The van der Waals surface area contributed by atoms with Crippen LogP contribution < -0.4 is 9.80 Å². The lowest BCUT2D eigenvalue weighted by Gasteiger charge is -2.26. The Balaban J connectivity index is 0.980. The van der Waals surface area contributed by atoms with Crippen LogP contribution in [-0.4, -0.2) is 0 Å². The number of fused-ring (bicyclic) bond motifs is 7. The van der Waals surface area contributed by atoms with Gasteiger partial charge in [0.1, 0.15) is 11.2 Å². The van der Waals surface area contributed by atoms with Gasteiger partial charge in [-0.2, -0.15) is 0 Å². The summed E-state index contributed by atoms with van der Waals surface area (Å²) in [6.45, 7) is 0. The Morgan fingerprint density at radius 1 is 0.270 bits per heavy atom. The van der Waals surface area contributed by atoms with Crippen molar-refractivity contribution in [3.8, 4) is 11.1 Å². The summed E-state index contributed by atoms with van der Waals surface area (Å²) in [5, 5.41) is 14.4. The molecule has 13 aromatic rings. The predicted octanol–water partition coefficient (Wildman–Crippen LogP) is 17.4. The summed E-state index contributed by atoms with van der Waals surface area (Å²) in [7, 11) is 0. The molecule has 0 spiro atoms. The van der Waals surface area contributed by atoms with Crippen molar-refractivity contribution in [1.29, 1.82) is 0 Å². The standard InChI is InChI=1S/C60H38N2O/c1-3-18-45(19-4-1)61(46-20-5-2-6-21-46)47-29-27-41(28-30-47)55-37-44-17-11-23-53-57(44)58-51(55)22-12-24-54(58)60-59(53)52-34-33-50(38-56(52)63-60)62(48-31-25-39-13-7-9-15-42(39)35-48)49-32-26-40-14-8-10-16-43(40)36-49/h1-38H. The maximum absolute atomic E-state index is 7.11. The average molecular weight is 803 g/mol. The summed E-state index contributed by atoms with van der Waals surface area (Å²) < 4.78 is 7.11. The molecule has 63 heavy (non-hydrogen) atoms. The Morgan fingerprint density at radius 2 is 0.762 bits per heavy atom. The van der Waals surface area contributed by atoms with Crippen LogP contribution in [0, 0.1) is 0 Å². The molecule has 0 saturated heterocycles. The van der Waals surface area contributed by atoms with Gasteiger partial charge in [0.15, 0.2) is 0 Å². The Kier molecular flexibility index (Phi) is 7.91. The van der Waals surface area contributed by atoms with Crippen LogP contribution in [0.2, 0.25) is 0 Å². The first-order valence-electron chi connectivity index (χ1n) is 21.6. The van der Waals surface area contributed by atoms with Crippen molar-refractivity contribution in [3.05, 3.63) is 231 Å². The number of para-hydroxylation sites is 2. The molecule has 0 radical (unpaired) electrons. The van der Waals surface area contributed by atoms with Crippen molar-refractivity contribution < 1.29 is 4.42 Å². The normalized spacial score (nSPS) is 11.8. The number of benzene rings is 12. The van der Waals surface area contributed by atoms with Crippen LogP contribution >= 0.6 is 0 Å². The van der Waals surface area contributed by atoms with Gasteiger partial charge in [0.05, 0.1) is 0 Å². The molecular weight excluding hydrogens is 765 g/mol. The first-order chi connectivity index (χ1) is 31.2. The summed E-state index contributed by atoms with van der Waals surface area (Å²) in [4.78, 5) is 4.66. The van der Waals surface area contributed by atoms with Gasteiger partial charge in [-0.05, 0) is 133 Å². The molecule has 0 atom stereocenters. The second-order valence-electron chi connectivity index (χ2n) is 16.5. The maximum atomic E-state index is 7.11.